The molecule has 7 heteroatoms. The molecule has 3 nitrogen and oxygen atoms in total. The van der Waals surface area contributed by atoms with E-state index in [1.165, 1.54) is 11.6 Å². The van der Waals surface area contributed by atoms with Crippen LogP contribution in [-0.4, -0.2) is 11.0 Å². The molecule has 3 rings (SSSR count). The predicted molar refractivity (Wildman–Crippen MR) is 100 cm³/mol. The van der Waals surface area contributed by atoms with Gasteiger partial charge in [-0.1, -0.05) is 35.5 Å². The van der Waals surface area contributed by atoms with E-state index in [-0.39, 0.29) is 17.4 Å². The third kappa shape index (κ3) is 5.03. The number of alkyl halides is 3. The lowest BCUT2D eigenvalue weighted by Gasteiger charge is -2.29. The van der Waals surface area contributed by atoms with Crippen LogP contribution in [0.1, 0.15) is 49.1 Å². The van der Waals surface area contributed by atoms with Gasteiger partial charge in [0.2, 0.25) is 0 Å². The van der Waals surface area contributed by atoms with Crippen LogP contribution >= 0.6 is 0 Å². The molecule has 0 aliphatic heterocycles. The molecule has 0 heterocycles. The summed E-state index contributed by atoms with van der Waals surface area (Å²) >= 11 is 0. The second-order valence-corrected chi connectivity index (χ2v) is 7.20. The molecular formula is C21H22F4N2O. The van der Waals surface area contributed by atoms with Crippen LogP contribution in [0.15, 0.2) is 53.7 Å². The lowest BCUT2D eigenvalue weighted by molar-refractivity contribution is -0.139. The molecule has 2 aromatic rings. The Balaban J connectivity index is 1.59. The first kappa shape index (κ1) is 20.2. The molecule has 0 amide bonds. The maximum atomic E-state index is 13.4. The molecular weight excluding hydrogens is 372 g/mol. The average molecular weight is 394 g/mol. The van der Waals surface area contributed by atoms with Crippen molar-refractivity contribution in [3.8, 4) is 0 Å². The highest BCUT2D eigenvalue weighted by atomic mass is 19.4. The minimum absolute atomic E-state index is 0.0412. The summed E-state index contributed by atoms with van der Waals surface area (Å²) in [4.78, 5) is 0. The summed E-state index contributed by atoms with van der Waals surface area (Å²) in [5, 5.41) is 15.2. The SMILES string of the molecule is ON=C(C[C@H]1CC[C@@H](c2ccccc2)CC1)Nc1ccc(F)c(C(F)(F)F)c1. The van der Waals surface area contributed by atoms with Crippen molar-refractivity contribution in [2.45, 2.75) is 44.2 Å². The lowest BCUT2D eigenvalue weighted by atomic mass is 9.77. The number of halogens is 4. The van der Waals surface area contributed by atoms with E-state index in [9.17, 15) is 22.8 Å². The zero-order chi connectivity index (χ0) is 20.1. The topological polar surface area (TPSA) is 44.6 Å². The van der Waals surface area contributed by atoms with Crippen molar-refractivity contribution < 1.29 is 22.8 Å². The molecule has 2 N–H and O–H groups in total. The summed E-state index contributed by atoms with van der Waals surface area (Å²) in [6.07, 6.45) is -0.440. The van der Waals surface area contributed by atoms with Crippen molar-refractivity contribution in [2.24, 2.45) is 11.1 Å². The van der Waals surface area contributed by atoms with Gasteiger partial charge in [-0.25, -0.2) is 4.39 Å². The van der Waals surface area contributed by atoms with Crippen molar-refractivity contribution in [2.75, 3.05) is 5.32 Å². The van der Waals surface area contributed by atoms with Gasteiger partial charge in [-0.05, 0) is 61.3 Å². The molecule has 0 aromatic heterocycles. The molecule has 1 aliphatic rings. The van der Waals surface area contributed by atoms with Gasteiger partial charge in [-0.3, -0.25) is 0 Å². The molecule has 1 saturated carbocycles. The van der Waals surface area contributed by atoms with E-state index in [1.54, 1.807) is 0 Å². The number of nitrogens with one attached hydrogen (secondary N) is 1. The number of benzene rings is 2. The number of nitrogens with zero attached hydrogens (tertiary/aromatic N) is 1. The number of hydrogen-bond donors (Lipinski definition) is 2. The van der Waals surface area contributed by atoms with Gasteiger partial charge < -0.3 is 10.5 Å². The maximum absolute atomic E-state index is 13.4. The fourth-order valence-electron chi connectivity index (χ4n) is 3.80. The van der Waals surface area contributed by atoms with Crippen molar-refractivity contribution in [3.05, 3.63) is 65.5 Å². The maximum Gasteiger partial charge on any atom is 0.419 e. The first-order chi connectivity index (χ1) is 13.4. The van der Waals surface area contributed by atoms with E-state index in [0.29, 0.717) is 18.4 Å². The molecule has 0 spiro atoms. The summed E-state index contributed by atoms with van der Waals surface area (Å²) in [5.41, 5.74) is 0.0128. The third-order valence-corrected chi connectivity index (χ3v) is 5.28. The molecule has 0 bridgehead atoms. The molecule has 1 aliphatic carbocycles. The molecule has 0 unspecified atom stereocenters. The van der Waals surface area contributed by atoms with Crippen LogP contribution in [0.25, 0.3) is 0 Å². The van der Waals surface area contributed by atoms with Crippen LogP contribution in [0.5, 0.6) is 0 Å². The first-order valence-electron chi connectivity index (χ1n) is 9.26. The van der Waals surface area contributed by atoms with Gasteiger partial charge >= 0.3 is 6.18 Å². The van der Waals surface area contributed by atoms with Gasteiger partial charge in [-0.2, -0.15) is 13.2 Å². The van der Waals surface area contributed by atoms with Gasteiger partial charge in [0.1, 0.15) is 11.7 Å². The van der Waals surface area contributed by atoms with Crippen LogP contribution < -0.4 is 5.32 Å². The highest BCUT2D eigenvalue weighted by Gasteiger charge is 2.34. The van der Waals surface area contributed by atoms with E-state index < -0.39 is 17.6 Å². The van der Waals surface area contributed by atoms with Gasteiger partial charge in [-0.15, -0.1) is 0 Å². The number of hydrogen-bond acceptors (Lipinski definition) is 2. The minimum Gasteiger partial charge on any atom is -0.409 e. The normalized spacial score (nSPS) is 20.8. The van der Waals surface area contributed by atoms with Crippen LogP contribution in [0.2, 0.25) is 0 Å². The van der Waals surface area contributed by atoms with E-state index >= 15 is 0 Å². The Hall–Kier alpha value is -2.57. The quantitative estimate of drug-likeness (QED) is 0.207. The van der Waals surface area contributed by atoms with E-state index in [0.717, 1.165) is 31.7 Å². The Morgan fingerprint density at radius 3 is 2.32 bits per heavy atom. The van der Waals surface area contributed by atoms with Crippen LogP contribution in [0, 0.1) is 11.7 Å². The van der Waals surface area contributed by atoms with E-state index in [4.69, 9.17) is 0 Å². The van der Waals surface area contributed by atoms with Crippen molar-refractivity contribution in [1.82, 2.24) is 0 Å². The van der Waals surface area contributed by atoms with Gasteiger partial charge in [0.15, 0.2) is 0 Å². The van der Waals surface area contributed by atoms with Gasteiger partial charge in [0.05, 0.1) is 5.56 Å². The Morgan fingerprint density at radius 2 is 1.71 bits per heavy atom. The summed E-state index contributed by atoms with van der Waals surface area (Å²) in [7, 11) is 0. The monoisotopic (exact) mass is 394 g/mol. The van der Waals surface area contributed by atoms with E-state index in [1.807, 2.05) is 18.2 Å². The van der Waals surface area contributed by atoms with Crippen molar-refractivity contribution >= 4 is 11.5 Å². The molecule has 0 radical (unpaired) electrons. The summed E-state index contributed by atoms with van der Waals surface area (Å²) in [6.45, 7) is 0. The average Bonchev–Trinajstić information content (AvgIpc) is 2.69. The fraction of sp³-hybridized carbons (Fsp3) is 0.381. The number of amidine groups is 1. The van der Waals surface area contributed by atoms with Crippen LogP contribution in [0.3, 0.4) is 0 Å². The lowest BCUT2D eigenvalue weighted by Crippen LogP contribution is -2.21. The van der Waals surface area contributed by atoms with Crippen molar-refractivity contribution in [3.63, 3.8) is 0 Å². The number of rotatable bonds is 4. The second kappa shape index (κ2) is 8.63. The zero-order valence-corrected chi connectivity index (χ0v) is 15.2. The standard InChI is InChI=1S/C21H22F4N2O/c22-19-11-10-17(13-18(19)21(23,24)25)26-20(27-28)12-14-6-8-16(9-7-14)15-4-2-1-3-5-15/h1-5,10-11,13-14,16,28H,6-9,12H2,(H,26,27)/t14-,16+. The summed E-state index contributed by atoms with van der Waals surface area (Å²) in [5.74, 6) is -0.366. The summed E-state index contributed by atoms with van der Waals surface area (Å²) < 4.78 is 52.0. The van der Waals surface area contributed by atoms with E-state index in [2.05, 4.69) is 22.6 Å². The Morgan fingerprint density at radius 1 is 1.04 bits per heavy atom. The fourth-order valence-corrected chi connectivity index (χ4v) is 3.80. The molecule has 1 fully saturated rings. The number of anilines is 1. The molecule has 28 heavy (non-hydrogen) atoms. The summed E-state index contributed by atoms with van der Waals surface area (Å²) in [6, 6.07) is 12.9. The molecule has 150 valence electrons. The Labute approximate surface area is 161 Å². The minimum atomic E-state index is -4.78. The molecule has 0 saturated heterocycles. The van der Waals surface area contributed by atoms with Gasteiger partial charge in [0.25, 0.3) is 0 Å². The zero-order valence-electron chi connectivity index (χ0n) is 15.2. The molecule has 0 atom stereocenters. The smallest absolute Gasteiger partial charge is 0.409 e. The highest BCUT2D eigenvalue weighted by Crippen LogP contribution is 2.37. The molecule has 2 aromatic carbocycles. The predicted octanol–water partition coefficient (Wildman–Crippen LogP) is 6.41. The van der Waals surface area contributed by atoms with Crippen LogP contribution in [0.4, 0.5) is 23.2 Å². The Bertz CT molecular complexity index is 813. The first-order valence-corrected chi connectivity index (χ1v) is 9.26. The third-order valence-electron chi connectivity index (χ3n) is 5.28. The number of oxime groups is 1. The van der Waals surface area contributed by atoms with Crippen LogP contribution in [-0.2, 0) is 6.18 Å². The second-order valence-electron chi connectivity index (χ2n) is 7.20. The van der Waals surface area contributed by atoms with Gasteiger partial charge in [0, 0.05) is 12.1 Å². The Kier molecular flexibility index (Phi) is 6.21. The highest BCUT2D eigenvalue weighted by molar-refractivity contribution is 5.95. The van der Waals surface area contributed by atoms with Crippen molar-refractivity contribution in [1.29, 1.82) is 0 Å². The largest absolute Gasteiger partial charge is 0.419 e.